The minimum Gasteiger partial charge on any atom is -0.463 e. The Kier molecular flexibility index (Phi) is 16.2. The number of ether oxygens (including phenoxy) is 3. The SMILES string of the molecule is CCCCCCCCCCCC(=O)OC[C@H]1O[C@@H](O[C@H]2CC[C@@]3(C)C(=CC[C@H]4[C@@H]5CC[C@H]([C@H](C)/C=C/[C@@H](CC)C(C)C)[C@@]5(C)CC[C@@H]43)C2)[C@H](O)[C@@H](O)[C@@H]1O. The lowest BCUT2D eigenvalue weighted by Gasteiger charge is -2.58. The molecule has 0 unspecified atom stereocenters. The Labute approximate surface area is 329 Å². The van der Waals surface area contributed by atoms with Crippen LogP contribution in [0.1, 0.15) is 170 Å². The Morgan fingerprint density at radius 3 is 2.26 bits per heavy atom. The van der Waals surface area contributed by atoms with Gasteiger partial charge in [0, 0.05) is 6.42 Å². The van der Waals surface area contributed by atoms with Gasteiger partial charge >= 0.3 is 5.97 Å². The van der Waals surface area contributed by atoms with Crippen molar-refractivity contribution in [3.05, 3.63) is 23.8 Å². The van der Waals surface area contributed by atoms with Crippen LogP contribution in [0.5, 0.6) is 0 Å². The van der Waals surface area contributed by atoms with Gasteiger partial charge < -0.3 is 29.5 Å². The molecule has 1 aliphatic heterocycles. The summed E-state index contributed by atoms with van der Waals surface area (Å²) in [5.74, 6) is 4.62. The van der Waals surface area contributed by atoms with E-state index in [2.05, 4.69) is 66.7 Å². The van der Waals surface area contributed by atoms with Gasteiger partial charge in [-0.1, -0.05) is 124 Å². The smallest absolute Gasteiger partial charge is 0.305 e. The molecule has 310 valence electrons. The van der Waals surface area contributed by atoms with Crippen molar-refractivity contribution < 1.29 is 34.3 Å². The van der Waals surface area contributed by atoms with E-state index in [1.54, 1.807) is 0 Å². The Bertz CT molecular complexity index is 1230. The van der Waals surface area contributed by atoms with Crippen LogP contribution in [0.15, 0.2) is 23.8 Å². The van der Waals surface area contributed by atoms with Gasteiger partial charge in [-0.05, 0) is 116 Å². The van der Waals surface area contributed by atoms with Crippen LogP contribution in [0, 0.1) is 52.3 Å². The number of rotatable bonds is 19. The maximum atomic E-state index is 12.5. The van der Waals surface area contributed by atoms with Gasteiger partial charge in [-0.3, -0.25) is 4.79 Å². The molecule has 4 aliphatic carbocycles. The summed E-state index contributed by atoms with van der Waals surface area (Å²) in [6.07, 6.45) is 22.5. The van der Waals surface area contributed by atoms with Gasteiger partial charge in [0.2, 0.25) is 0 Å². The van der Waals surface area contributed by atoms with Crippen molar-refractivity contribution in [3.8, 4) is 0 Å². The third kappa shape index (κ3) is 10.1. The fraction of sp³-hybridized carbons (Fsp3) is 0.894. The zero-order valence-electron chi connectivity index (χ0n) is 35.4. The van der Waals surface area contributed by atoms with Crippen LogP contribution in [0.3, 0.4) is 0 Å². The van der Waals surface area contributed by atoms with E-state index in [4.69, 9.17) is 14.2 Å². The molecule has 1 heterocycles. The topological polar surface area (TPSA) is 105 Å². The highest BCUT2D eigenvalue weighted by molar-refractivity contribution is 5.69. The van der Waals surface area contributed by atoms with Crippen molar-refractivity contribution in [1.29, 1.82) is 0 Å². The maximum Gasteiger partial charge on any atom is 0.305 e. The molecule has 7 nitrogen and oxygen atoms in total. The van der Waals surface area contributed by atoms with Crippen LogP contribution in [-0.4, -0.2) is 64.7 Å². The quantitative estimate of drug-likeness (QED) is 0.0685. The molecule has 0 aromatic heterocycles. The Morgan fingerprint density at radius 1 is 0.870 bits per heavy atom. The molecule has 7 heteroatoms. The zero-order chi connectivity index (χ0) is 39.0. The lowest BCUT2D eigenvalue weighted by molar-refractivity contribution is -0.313. The minimum absolute atomic E-state index is 0.145. The average Bonchev–Trinajstić information content (AvgIpc) is 3.51. The molecule has 3 N–H and O–H groups in total. The zero-order valence-corrected chi connectivity index (χ0v) is 35.4. The predicted octanol–water partition coefficient (Wildman–Crippen LogP) is 10.1. The fourth-order valence-corrected chi connectivity index (χ4v) is 12.1. The third-order valence-electron chi connectivity index (χ3n) is 15.6. The lowest BCUT2D eigenvalue weighted by Crippen LogP contribution is -2.60. The monoisotopic (exact) mass is 757 g/mol. The highest BCUT2D eigenvalue weighted by Crippen LogP contribution is 2.67. The maximum absolute atomic E-state index is 12.5. The number of fused-ring (bicyclic) bond motifs is 5. The molecule has 0 amide bonds. The summed E-state index contributed by atoms with van der Waals surface area (Å²) in [5, 5.41) is 32.4. The Balaban J connectivity index is 1.11. The second-order valence-corrected chi connectivity index (χ2v) is 19.3. The number of hydrogen-bond acceptors (Lipinski definition) is 7. The molecule has 0 spiro atoms. The molecule has 4 fully saturated rings. The van der Waals surface area contributed by atoms with E-state index in [0.29, 0.717) is 35.5 Å². The molecule has 54 heavy (non-hydrogen) atoms. The van der Waals surface area contributed by atoms with Crippen LogP contribution in [-0.2, 0) is 19.0 Å². The summed E-state index contributed by atoms with van der Waals surface area (Å²) >= 11 is 0. The number of unbranched alkanes of at least 4 members (excludes halogenated alkanes) is 8. The van der Waals surface area contributed by atoms with Gasteiger partial charge in [0.15, 0.2) is 6.29 Å². The molecule has 0 radical (unpaired) electrons. The summed E-state index contributed by atoms with van der Waals surface area (Å²) in [6.45, 7) is 16.7. The van der Waals surface area contributed by atoms with Crippen molar-refractivity contribution >= 4 is 5.97 Å². The molecule has 0 aromatic carbocycles. The predicted molar refractivity (Wildman–Crippen MR) is 216 cm³/mol. The second kappa shape index (κ2) is 19.9. The van der Waals surface area contributed by atoms with Gasteiger partial charge in [-0.15, -0.1) is 0 Å². The van der Waals surface area contributed by atoms with Crippen LogP contribution < -0.4 is 0 Å². The highest BCUT2D eigenvalue weighted by atomic mass is 16.7. The van der Waals surface area contributed by atoms with Gasteiger partial charge in [0.25, 0.3) is 0 Å². The van der Waals surface area contributed by atoms with Crippen molar-refractivity contribution in [3.63, 3.8) is 0 Å². The summed E-state index contributed by atoms with van der Waals surface area (Å²) < 4.78 is 17.9. The number of hydrogen-bond donors (Lipinski definition) is 3. The Hall–Kier alpha value is -1.25. The highest BCUT2D eigenvalue weighted by Gasteiger charge is 2.59. The normalized spacial score (nSPS) is 39.1. The number of allylic oxidation sites excluding steroid dienone is 3. The summed E-state index contributed by atoms with van der Waals surface area (Å²) in [7, 11) is 0. The van der Waals surface area contributed by atoms with Crippen molar-refractivity contribution in [2.24, 2.45) is 52.3 Å². The minimum atomic E-state index is -1.44. The number of carbonyl (C=O) groups excluding carboxylic acids is 1. The van der Waals surface area contributed by atoms with E-state index < -0.39 is 30.7 Å². The summed E-state index contributed by atoms with van der Waals surface area (Å²) in [6, 6.07) is 0. The van der Waals surface area contributed by atoms with E-state index in [-0.39, 0.29) is 24.1 Å². The van der Waals surface area contributed by atoms with Crippen molar-refractivity contribution in [1.82, 2.24) is 0 Å². The molecule has 5 rings (SSSR count). The molecule has 5 aliphatic rings. The standard InChI is InChI=1S/C47H80O7/c1-8-10-11-12-13-14-15-16-17-18-41(48)52-30-40-42(49)43(50)44(51)45(54-40)53-35-25-27-46(6)34(29-35)21-22-36-38-24-23-37(47(38,7)28-26-39(36)46)32(5)19-20-33(9-2)31(3)4/h19-21,31-33,35-40,42-45,49-51H,8-18,22-30H2,1-7H3/b20-19+/t32-,33-,35+,36+,37-,38+,39+,40-,42-,43+,44-,45-,46+,47-/m1/s1. The molecule has 1 saturated heterocycles. The molecule has 0 bridgehead atoms. The van der Waals surface area contributed by atoms with Crippen LogP contribution in [0.25, 0.3) is 0 Å². The largest absolute Gasteiger partial charge is 0.463 e. The molecular weight excluding hydrogens is 677 g/mol. The van der Waals surface area contributed by atoms with E-state index in [1.807, 2.05) is 0 Å². The number of esters is 1. The van der Waals surface area contributed by atoms with E-state index >= 15 is 0 Å². The first-order valence-corrected chi connectivity index (χ1v) is 22.7. The van der Waals surface area contributed by atoms with Crippen LogP contribution >= 0.6 is 0 Å². The first kappa shape index (κ1) is 43.9. The molecule has 0 aromatic rings. The molecule has 14 atom stereocenters. The third-order valence-corrected chi connectivity index (χ3v) is 15.6. The number of carbonyl (C=O) groups is 1. The van der Waals surface area contributed by atoms with E-state index in [0.717, 1.165) is 62.7 Å². The van der Waals surface area contributed by atoms with Crippen molar-refractivity contribution in [2.45, 2.75) is 207 Å². The number of aliphatic hydroxyl groups excluding tert-OH is 3. The lowest BCUT2D eigenvalue weighted by atomic mass is 9.47. The average molecular weight is 757 g/mol. The van der Waals surface area contributed by atoms with Gasteiger partial charge in [0.1, 0.15) is 31.0 Å². The first-order valence-electron chi connectivity index (χ1n) is 22.7. The molecular formula is C47H80O7. The van der Waals surface area contributed by atoms with E-state index in [1.165, 1.54) is 76.2 Å². The summed E-state index contributed by atoms with van der Waals surface area (Å²) in [5.41, 5.74) is 2.05. The second-order valence-electron chi connectivity index (χ2n) is 19.3. The van der Waals surface area contributed by atoms with Crippen LogP contribution in [0.2, 0.25) is 0 Å². The Morgan fingerprint density at radius 2 is 1.57 bits per heavy atom. The van der Waals surface area contributed by atoms with Crippen LogP contribution in [0.4, 0.5) is 0 Å². The van der Waals surface area contributed by atoms with Gasteiger partial charge in [-0.2, -0.15) is 0 Å². The number of aliphatic hydroxyl groups is 3. The van der Waals surface area contributed by atoms with Gasteiger partial charge in [-0.25, -0.2) is 0 Å². The van der Waals surface area contributed by atoms with Crippen molar-refractivity contribution in [2.75, 3.05) is 6.61 Å². The fourth-order valence-electron chi connectivity index (χ4n) is 12.1. The van der Waals surface area contributed by atoms with E-state index in [9.17, 15) is 20.1 Å². The first-order chi connectivity index (χ1) is 25.8. The van der Waals surface area contributed by atoms with Gasteiger partial charge in [0.05, 0.1) is 6.10 Å². The molecule has 3 saturated carbocycles. The summed E-state index contributed by atoms with van der Waals surface area (Å²) in [4.78, 5) is 12.5.